The van der Waals surface area contributed by atoms with E-state index in [1.807, 2.05) is 0 Å². The second-order valence-corrected chi connectivity index (χ2v) is 11.2. The molecule has 0 aromatic rings. The first-order chi connectivity index (χ1) is 16.3. The second-order valence-electron chi connectivity index (χ2n) is 11.2. The Kier molecular flexibility index (Phi) is 5.39. The molecule has 0 radical (unpaired) electrons. The van der Waals surface area contributed by atoms with Gasteiger partial charge in [-0.15, -0.1) is 0 Å². The number of carbonyl (C=O) groups is 2. The third-order valence-electron chi connectivity index (χ3n) is 9.77. The Morgan fingerprint density at radius 1 is 1.23 bits per heavy atom. The molecule has 35 heavy (non-hydrogen) atoms. The molecule has 13 atom stereocenters. The third kappa shape index (κ3) is 2.75. The molecule has 5 N–H and O–H groups in total. The van der Waals surface area contributed by atoms with Crippen molar-refractivity contribution < 1.29 is 49.3 Å². The SMILES string of the molecule is C/C=C(\C)C(=O)O[C@@H]1[C@H]2C(C)=C[C@H](O)[C@@H](O)[C@]2(C)[C@H]2[C@@]3(O)OC[C@]24[C@H]([C@@H](C)[C@H]3O)[C@@H](O)C(=O)O[C@H]14. The van der Waals surface area contributed by atoms with Gasteiger partial charge in [-0.25, -0.2) is 9.59 Å². The number of carbonyl (C=O) groups excluding carboxylic acids is 2. The molecule has 5 rings (SSSR count). The molecule has 2 bridgehead atoms. The quantitative estimate of drug-likeness (QED) is 0.191. The van der Waals surface area contributed by atoms with Gasteiger partial charge in [-0.2, -0.15) is 0 Å². The molecule has 0 aromatic carbocycles. The standard InChI is InChI=1S/C25H34O10/c1-6-9(2)20(30)34-16-13-10(3)7-12(26)18(29)23(13,5)22-24-8-33-25(22,32)17(28)11(4)14(24)15(27)21(31)35-19(16)24/h6-7,11-19,22,26-29,32H,8H2,1-5H3/b9-6+/t11-,12+,13-,14-,15-,16-,17-,18-,19-,22-,23-,24-,25+/m1/s1. The minimum atomic E-state index is -2.16. The first-order valence-electron chi connectivity index (χ1n) is 12.1. The molecule has 194 valence electrons. The Morgan fingerprint density at radius 2 is 1.89 bits per heavy atom. The highest BCUT2D eigenvalue weighted by molar-refractivity contribution is 5.88. The molecule has 2 aliphatic heterocycles. The number of aliphatic hydroxyl groups is 5. The number of allylic oxidation sites excluding steroid dienone is 1. The minimum Gasteiger partial charge on any atom is -0.456 e. The van der Waals surface area contributed by atoms with Gasteiger partial charge in [0, 0.05) is 34.2 Å². The van der Waals surface area contributed by atoms with E-state index in [1.54, 1.807) is 40.7 Å². The van der Waals surface area contributed by atoms with E-state index in [2.05, 4.69) is 0 Å². The first-order valence-corrected chi connectivity index (χ1v) is 12.1. The van der Waals surface area contributed by atoms with Crippen molar-refractivity contribution in [1.82, 2.24) is 0 Å². The Balaban J connectivity index is 1.80. The summed E-state index contributed by atoms with van der Waals surface area (Å²) >= 11 is 0. The van der Waals surface area contributed by atoms with Gasteiger partial charge in [-0.1, -0.05) is 31.6 Å². The third-order valence-corrected chi connectivity index (χ3v) is 9.77. The van der Waals surface area contributed by atoms with Crippen LogP contribution >= 0.6 is 0 Å². The summed E-state index contributed by atoms with van der Waals surface area (Å²) in [4.78, 5) is 25.9. The van der Waals surface area contributed by atoms with E-state index >= 15 is 0 Å². The van der Waals surface area contributed by atoms with E-state index in [-0.39, 0.29) is 6.61 Å². The van der Waals surface area contributed by atoms with Gasteiger partial charge in [-0.05, 0) is 26.7 Å². The lowest BCUT2D eigenvalue weighted by Gasteiger charge is -2.69. The van der Waals surface area contributed by atoms with Gasteiger partial charge in [-0.3, -0.25) is 0 Å². The van der Waals surface area contributed by atoms with Crippen LogP contribution in [0.4, 0.5) is 0 Å². The zero-order valence-electron chi connectivity index (χ0n) is 20.4. The summed E-state index contributed by atoms with van der Waals surface area (Å²) in [6.07, 6.45) is -5.04. The maximum absolute atomic E-state index is 13.0. The smallest absolute Gasteiger partial charge is 0.335 e. The van der Waals surface area contributed by atoms with Gasteiger partial charge in [0.15, 0.2) is 11.9 Å². The molecule has 4 fully saturated rings. The fourth-order valence-electron chi connectivity index (χ4n) is 8.37. The van der Waals surface area contributed by atoms with Gasteiger partial charge in [0.05, 0.1) is 18.8 Å². The van der Waals surface area contributed by atoms with Gasteiger partial charge in [0.25, 0.3) is 0 Å². The number of ether oxygens (including phenoxy) is 3. The summed E-state index contributed by atoms with van der Waals surface area (Å²) in [5.41, 5.74) is -1.79. The molecule has 5 aliphatic rings. The Morgan fingerprint density at radius 3 is 2.51 bits per heavy atom. The van der Waals surface area contributed by atoms with E-state index in [0.29, 0.717) is 11.1 Å². The maximum atomic E-state index is 13.0. The highest BCUT2D eigenvalue weighted by Crippen LogP contribution is 2.74. The summed E-state index contributed by atoms with van der Waals surface area (Å²) in [5.74, 6) is -7.28. The second kappa shape index (κ2) is 7.60. The van der Waals surface area contributed by atoms with Crippen molar-refractivity contribution in [3.8, 4) is 0 Å². The summed E-state index contributed by atoms with van der Waals surface area (Å²) < 4.78 is 17.7. The van der Waals surface area contributed by atoms with Crippen LogP contribution in [-0.2, 0) is 23.8 Å². The van der Waals surface area contributed by atoms with Crippen molar-refractivity contribution in [2.45, 2.75) is 77.0 Å². The van der Waals surface area contributed by atoms with Crippen molar-refractivity contribution in [2.75, 3.05) is 6.61 Å². The zero-order chi connectivity index (χ0) is 25.8. The number of esters is 2. The van der Waals surface area contributed by atoms with Gasteiger partial charge >= 0.3 is 11.9 Å². The molecular formula is C25H34O10. The maximum Gasteiger partial charge on any atom is 0.335 e. The largest absolute Gasteiger partial charge is 0.456 e. The van der Waals surface area contributed by atoms with Crippen LogP contribution in [-0.4, -0.2) is 86.5 Å². The Hall–Kier alpha value is -1.82. The molecule has 0 unspecified atom stereocenters. The van der Waals surface area contributed by atoms with Crippen LogP contribution in [0.15, 0.2) is 23.3 Å². The lowest BCUT2D eigenvalue weighted by molar-refractivity contribution is -0.357. The van der Waals surface area contributed by atoms with Gasteiger partial charge in [0.1, 0.15) is 18.3 Å². The number of rotatable bonds is 2. The normalized spacial score (nSPS) is 54.9. The van der Waals surface area contributed by atoms with Crippen LogP contribution in [0.3, 0.4) is 0 Å². The number of hydrogen-bond donors (Lipinski definition) is 5. The molecule has 2 saturated carbocycles. The topological polar surface area (TPSA) is 163 Å². The fraction of sp³-hybridized carbons (Fsp3) is 0.760. The lowest BCUT2D eigenvalue weighted by atomic mass is 9.37. The Labute approximate surface area is 203 Å². The van der Waals surface area contributed by atoms with E-state index < -0.39 is 88.9 Å². The summed E-state index contributed by atoms with van der Waals surface area (Å²) in [7, 11) is 0. The van der Waals surface area contributed by atoms with Crippen molar-refractivity contribution in [2.24, 2.45) is 34.5 Å². The molecule has 10 nitrogen and oxygen atoms in total. The number of fused-ring (bicyclic) bond motifs is 1. The van der Waals surface area contributed by atoms with Crippen LogP contribution in [0.2, 0.25) is 0 Å². The Bertz CT molecular complexity index is 1020. The van der Waals surface area contributed by atoms with Crippen LogP contribution in [0.1, 0.15) is 34.6 Å². The molecule has 1 spiro atoms. The minimum absolute atomic E-state index is 0.209. The van der Waals surface area contributed by atoms with Crippen molar-refractivity contribution in [3.05, 3.63) is 23.3 Å². The molecule has 2 saturated heterocycles. The highest BCUT2D eigenvalue weighted by Gasteiger charge is 2.85. The fourth-order valence-corrected chi connectivity index (χ4v) is 8.37. The molecule has 0 amide bonds. The first kappa shape index (κ1) is 24.9. The predicted molar refractivity (Wildman–Crippen MR) is 118 cm³/mol. The van der Waals surface area contributed by atoms with E-state index in [4.69, 9.17) is 14.2 Å². The van der Waals surface area contributed by atoms with Gasteiger partial charge in [0.2, 0.25) is 0 Å². The van der Waals surface area contributed by atoms with Crippen LogP contribution in [0, 0.1) is 34.5 Å². The molecule has 2 heterocycles. The monoisotopic (exact) mass is 494 g/mol. The highest BCUT2D eigenvalue weighted by atomic mass is 16.7. The van der Waals surface area contributed by atoms with E-state index in [0.717, 1.165) is 0 Å². The van der Waals surface area contributed by atoms with E-state index in [1.165, 1.54) is 6.08 Å². The number of aliphatic hydroxyl groups excluding tert-OH is 4. The molecular weight excluding hydrogens is 460 g/mol. The van der Waals surface area contributed by atoms with Crippen LogP contribution < -0.4 is 0 Å². The zero-order valence-corrected chi connectivity index (χ0v) is 20.4. The average molecular weight is 495 g/mol. The lowest BCUT2D eigenvalue weighted by Crippen LogP contribution is -2.81. The predicted octanol–water partition coefficient (Wildman–Crippen LogP) is -0.583. The molecule has 0 aromatic heterocycles. The molecule has 3 aliphatic carbocycles. The van der Waals surface area contributed by atoms with Crippen molar-refractivity contribution in [3.63, 3.8) is 0 Å². The van der Waals surface area contributed by atoms with Crippen molar-refractivity contribution in [1.29, 1.82) is 0 Å². The average Bonchev–Trinajstić information content (AvgIpc) is 3.09. The van der Waals surface area contributed by atoms with E-state index in [9.17, 15) is 35.1 Å². The van der Waals surface area contributed by atoms with Gasteiger partial charge < -0.3 is 39.7 Å². The summed E-state index contributed by atoms with van der Waals surface area (Å²) in [6, 6.07) is 0. The summed E-state index contributed by atoms with van der Waals surface area (Å²) in [5, 5.41) is 56.2. The van der Waals surface area contributed by atoms with Crippen LogP contribution in [0.5, 0.6) is 0 Å². The molecule has 10 heteroatoms. The summed E-state index contributed by atoms with van der Waals surface area (Å²) in [6.45, 7) is 8.05. The van der Waals surface area contributed by atoms with Crippen LogP contribution in [0.25, 0.3) is 0 Å². The number of hydrogen-bond acceptors (Lipinski definition) is 10. The van der Waals surface area contributed by atoms with Crippen molar-refractivity contribution >= 4 is 11.9 Å².